The Kier molecular flexibility index (Phi) is 2.96. The van der Waals surface area contributed by atoms with Crippen molar-refractivity contribution in [2.75, 3.05) is 31.7 Å². The molecule has 0 aromatic carbocycles. The molecule has 1 aliphatic heterocycles. The van der Waals surface area contributed by atoms with E-state index in [9.17, 15) is 0 Å². The third-order valence-corrected chi connectivity index (χ3v) is 2.19. The van der Waals surface area contributed by atoms with E-state index in [0.29, 0.717) is 0 Å². The number of rotatable bonds is 2. The molecular weight excluding hydrogens is 178 g/mol. The summed E-state index contributed by atoms with van der Waals surface area (Å²) in [5.74, 6) is 0. The lowest BCUT2D eigenvalue weighted by molar-refractivity contribution is 0.0497. The second-order valence-corrected chi connectivity index (χ2v) is 3.40. The minimum Gasteiger partial charge on any atom is -0.379 e. The number of aromatic nitrogens is 1. The molecular formula is C10H15N3O. The van der Waals surface area contributed by atoms with E-state index in [1.54, 1.807) is 0 Å². The van der Waals surface area contributed by atoms with Gasteiger partial charge in [-0.05, 0) is 19.1 Å². The van der Waals surface area contributed by atoms with Gasteiger partial charge in [-0.2, -0.15) is 0 Å². The number of hydrogen-bond acceptors (Lipinski definition) is 4. The minimum atomic E-state index is 0.803. The van der Waals surface area contributed by atoms with Gasteiger partial charge in [0.05, 0.1) is 18.9 Å². The van der Waals surface area contributed by atoms with Gasteiger partial charge in [0.2, 0.25) is 0 Å². The molecule has 1 aromatic rings. The maximum Gasteiger partial charge on any atom is 0.0612 e. The first-order chi connectivity index (χ1) is 6.84. The van der Waals surface area contributed by atoms with Crippen molar-refractivity contribution in [3.63, 3.8) is 0 Å². The first-order valence-electron chi connectivity index (χ1n) is 4.86. The molecule has 1 aliphatic rings. The molecule has 0 saturated carbocycles. The van der Waals surface area contributed by atoms with Crippen molar-refractivity contribution < 1.29 is 4.74 Å². The van der Waals surface area contributed by atoms with Crippen LogP contribution in [-0.4, -0.2) is 36.3 Å². The fourth-order valence-corrected chi connectivity index (χ4v) is 1.47. The van der Waals surface area contributed by atoms with Crippen LogP contribution in [0.2, 0.25) is 0 Å². The number of ether oxygens (including phenoxy) is 1. The Bertz CT molecular complexity index is 297. The minimum absolute atomic E-state index is 0.803. The lowest BCUT2D eigenvalue weighted by Gasteiger charge is -2.27. The molecule has 4 heteroatoms. The molecule has 1 aromatic heterocycles. The molecule has 0 aliphatic carbocycles. The zero-order valence-corrected chi connectivity index (χ0v) is 8.36. The molecule has 0 radical (unpaired) electrons. The Morgan fingerprint density at radius 2 is 2.21 bits per heavy atom. The molecule has 76 valence electrons. The molecule has 2 rings (SSSR count). The number of nitrogens with one attached hydrogen (secondary N) is 1. The molecule has 0 atom stereocenters. The van der Waals surface area contributed by atoms with Crippen LogP contribution in [0, 0.1) is 6.92 Å². The highest BCUT2D eigenvalue weighted by Gasteiger charge is 2.09. The molecule has 0 bridgehead atoms. The Labute approximate surface area is 83.9 Å². The largest absolute Gasteiger partial charge is 0.379 e. The van der Waals surface area contributed by atoms with Gasteiger partial charge in [-0.1, -0.05) is 0 Å². The topological polar surface area (TPSA) is 37.4 Å². The quantitative estimate of drug-likeness (QED) is 0.761. The Morgan fingerprint density at radius 1 is 1.43 bits per heavy atom. The van der Waals surface area contributed by atoms with Gasteiger partial charge < -0.3 is 10.2 Å². The number of morpholine rings is 1. The Morgan fingerprint density at radius 3 is 2.93 bits per heavy atom. The first-order valence-corrected chi connectivity index (χ1v) is 4.86. The molecule has 2 heterocycles. The van der Waals surface area contributed by atoms with E-state index in [1.807, 2.05) is 25.3 Å². The third kappa shape index (κ3) is 2.43. The number of nitrogens with zero attached hydrogens (tertiary/aromatic N) is 2. The molecule has 1 fully saturated rings. The van der Waals surface area contributed by atoms with Crippen LogP contribution in [0.15, 0.2) is 18.3 Å². The normalized spacial score (nSPS) is 18.1. The van der Waals surface area contributed by atoms with Crippen molar-refractivity contribution in [1.82, 2.24) is 9.99 Å². The first kappa shape index (κ1) is 9.43. The van der Waals surface area contributed by atoms with Crippen LogP contribution in [0.3, 0.4) is 0 Å². The van der Waals surface area contributed by atoms with Crippen molar-refractivity contribution in [2.45, 2.75) is 6.92 Å². The van der Waals surface area contributed by atoms with Crippen molar-refractivity contribution >= 4 is 5.69 Å². The predicted octanol–water partition coefficient (Wildman–Crippen LogP) is 1.05. The van der Waals surface area contributed by atoms with E-state index >= 15 is 0 Å². The summed E-state index contributed by atoms with van der Waals surface area (Å²) in [5, 5.41) is 2.16. The van der Waals surface area contributed by atoms with Gasteiger partial charge in [-0.25, -0.2) is 5.01 Å². The van der Waals surface area contributed by atoms with Gasteiger partial charge in [0.15, 0.2) is 0 Å². The zero-order valence-electron chi connectivity index (χ0n) is 8.36. The smallest absolute Gasteiger partial charge is 0.0612 e. The number of hydrazine groups is 1. The van der Waals surface area contributed by atoms with Gasteiger partial charge in [0.1, 0.15) is 0 Å². The van der Waals surface area contributed by atoms with Crippen molar-refractivity contribution in [2.24, 2.45) is 0 Å². The Hall–Kier alpha value is -1.13. The van der Waals surface area contributed by atoms with Crippen LogP contribution in [0.1, 0.15) is 5.69 Å². The summed E-state index contributed by atoms with van der Waals surface area (Å²) in [7, 11) is 0. The Balaban J connectivity index is 1.95. The zero-order chi connectivity index (χ0) is 9.80. The van der Waals surface area contributed by atoms with Crippen LogP contribution in [0.5, 0.6) is 0 Å². The van der Waals surface area contributed by atoms with Gasteiger partial charge in [-0.15, -0.1) is 0 Å². The maximum absolute atomic E-state index is 5.27. The molecule has 14 heavy (non-hydrogen) atoms. The maximum atomic E-state index is 5.27. The standard InChI is InChI=1S/C10H15N3O/c1-9-8-10(2-3-11-9)12-13-4-6-14-7-5-13/h2-3,8H,4-7H2,1H3,(H,11,12). The SMILES string of the molecule is Cc1cc(NN2CCOCC2)ccn1. The van der Waals surface area contributed by atoms with E-state index in [-0.39, 0.29) is 0 Å². The predicted molar refractivity (Wildman–Crippen MR) is 55.0 cm³/mol. The van der Waals surface area contributed by atoms with Crippen molar-refractivity contribution in [3.05, 3.63) is 24.0 Å². The summed E-state index contributed by atoms with van der Waals surface area (Å²) in [6.45, 7) is 5.46. The monoisotopic (exact) mass is 193 g/mol. The van der Waals surface area contributed by atoms with Gasteiger partial charge in [0, 0.05) is 25.0 Å². The molecule has 0 spiro atoms. The number of aryl methyl sites for hydroxylation is 1. The second kappa shape index (κ2) is 4.39. The van der Waals surface area contributed by atoms with Crippen LogP contribution in [0.4, 0.5) is 5.69 Å². The average Bonchev–Trinajstić information content (AvgIpc) is 2.19. The summed E-state index contributed by atoms with van der Waals surface area (Å²) in [6, 6.07) is 4.01. The van der Waals surface area contributed by atoms with Gasteiger partial charge in [0.25, 0.3) is 0 Å². The summed E-state index contributed by atoms with van der Waals surface area (Å²) in [6.07, 6.45) is 1.82. The third-order valence-electron chi connectivity index (χ3n) is 2.19. The van der Waals surface area contributed by atoms with Crippen molar-refractivity contribution in [3.8, 4) is 0 Å². The summed E-state index contributed by atoms with van der Waals surface area (Å²) in [5.41, 5.74) is 5.46. The summed E-state index contributed by atoms with van der Waals surface area (Å²) in [4.78, 5) is 4.15. The highest BCUT2D eigenvalue weighted by molar-refractivity contribution is 5.41. The second-order valence-electron chi connectivity index (χ2n) is 3.40. The fourth-order valence-electron chi connectivity index (χ4n) is 1.47. The summed E-state index contributed by atoms with van der Waals surface area (Å²) < 4.78 is 5.27. The molecule has 4 nitrogen and oxygen atoms in total. The number of hydrogen-bond donors (Lipinski definition) is 1. The molecule has 0 amide bonds. The summed E-state index contributed by atoms with van der Waals surface area (Å²) >= 11 is 0. The molecule has 1 N–H and O–H groups in total. The highest BCUT2D eigenvalue weighted by Crippen LogP contribution is 2.09. The van der Waals surface area contributed by atoms with Crippen LogP contribution in [-0.2, 0) is 4.74 Å². The van der Waals surface area contributed by atoms with Gasteiger partial charge in [-0.3, -0.25) is 4.98 Å². The van der Waals surface area contributed by atoms with E-state index in [1.165, 1.54) is 0 Å². The van der Waals surface area contributed by atoms with Crippen LogP contribution >= 0.6 is 0 Å². The fraction of sp³-hybridized carbons (Fsp3) is 0.500. The number of anilines is 1. The molecule has 1 saturated heterocycles. The number of pyridine rings is 1. The van der Waals surface area contributed by atoms with Crippen molar-refractivity contribution in [1.29, 1.82) is 0 Å². The van der Waals surface area contributed by atoms with E-state index < -0.39 is 0 Å². The lowest BCUT2D eigenvalue weighted by Crippen LogP contribution is -2.40. The lowest BCUT2D eigenvalue weighted by atomic mass is 10.3. The molecule has 0 unspecified atom stereocenters. The van der Waals surface area contributed by atoms with E-state index in [4.69, 9.17) is 4.74 Å². The highest BCUT2D eigenvalue weighted by atomic mass is 16.5. The van der Waals surface area contributed by atoms with Gasteiger partial charge >= 0.3 is 0 Å². The van der Waals surface area contributed by atoms with E-state index in [0.717, 1.165) is 37.7 Å². The van der Waals surface area contributed by atoms with E-state index in [2.05, 4.69) is 15.4 Å². The van der Waals surface area contributed by atoms with Crippen LogP contribution < -0.4 is 5.43 Å². The van der Waals surface area contributed by atoms with Crippen LogP contribution in [0.25, 0.3) is 0 Å². The average molecular weight is 193 g/mol.